The molecule has 2 heteroatoms. The van der Waals surface area contributed by atoms with Crippen molar-refractivity contribution in [1.29, 1.82) is 0 Å². The van der Waals surface area contributed by atoms with E-state index in [0.29, 0.717) is 12.0 Å². The molecule has 1 amide bonds. The molecule has 0 aromatic carbocycles. The molecular formula is C9H13NO. The Hall–Kier alpha value is -0.790. The van der Waals surface area contributed by atoms with Gasteiger partial charge in [0.15, 0.2) is 0 Å². The van der Waals surface area contributed by atoms with Gasteiger partial charge in [-0.2, -0.15) is 0 Å². The maximum absolute atomic E-state index is 11.0. The third kappa shape index (κ3) is 1.17. The van der Waals surface area contributed by atoms with Gasteiger partial charge < -0.3 is 5.32 Å². The third-order valence-corrected chi connectivity index (χ3v) is 2.61. The van der Waals surface area contributed by atoms with E-state index < -0.39 is 0 Å². The zero-order valence-electron chi connectivity index (χ0n) is 6.55. The van der Waals surface area contributed by atoms with Crippen LogP contribution in [0.2, 0.25) is 0 Å². The number of nitrogens with one attached hydrogen (secondary N) is 1. The van der Waals surface area contributed by atoms with Gasteiger partial charge in [0.1, 0.15) is 0 Å². The molecule has 1 N–H and O–H groups in total. The number of allylic oxidation sites excluding steroid dienone is 2. The van der Waals surface area contributed by atoms with Crippen LogP contribution in [0.15, 0.2) is 12.2 Å². The van der Waals surface area contributed by atoms with Crippen LogP contribution in [-0.4, -0.2) is 11.9 Å². The normalized spacial score (nSPS) is 39.1. The Morgan fingerprint density at radius 1 is 1.27 bits per heavy atom. The first-order chi connectivity index (χ1) is 5.38. The summed E-state index contributed by atoms with van der Waals surface area (Å²) in [6, 6.07) is 0.493. The first kappa shape index (κ1) is 6.89. The number of hydrogen-bond donors (Lipinski definition) is 1. The highest BCUT2D eigenvalue weighted by Gasteiger charge is 2.37. The van der Waals surface area contributed by atoms with Gasteiger partial charge in [0.25, 0.3) is 0 Å². The van der Waals surface area contributed by atoms with Crippen molar-refractivity contribution in [3.63, 3.8) is 0 Å². The number of amides is 1. The van der Waals surface area contributed by atoms with E-state index in [1.807, 2.05) is 0 Å². The minimum absolute atomic E-state index is 0.269. The highest BCUT2D eigenvalue weighted by molar-refractivity contribution is 5.85. The van der Waals surface area contributed by atoms with Crippen LogP contribution in [0.5, 0.6) is 0 Å². The molecule has 1 heterocycles. The van der Waals surface area contributed by atoms with E-state index in [-0.39, 0.29) is 5.91 Å². The van der Waals surface area contributed by atoms with Crippen molar-refractivity contribution in [2.75, 3.05) is 0 Å². The lowest BCUT2D eigenvalue weighted by molar-refractivity contribution is -0.135. The van der Waals surface area contributed by atoms with Crippen LogP contribution in [0.3, 0.4) is 0 Å². The predicted octanol–water partition coefficient (Wildman–Crippen LogP) is 1.23. The molecule has 0 radical (unpaired) electrons. The van der Waals surface area contributed by atoms with Crippen LogP contribution < -0.4 is 5.32 Å². The zero-order valence-corrected chi connectivity index (χ0v) is 6.55. The fourth-order valence-electron chi connectivity index (χ4n) is 1.87. The quantitative estimate of drug-likeness (QED) is 0.409. The Balaban J connectivity index is 2.00. The molecule has 11 heavy (non-hydrogen) atoms. The van der Waals surface area contributed by atoms with Crippen molar-refractivity contribution >= 4 is 5.91 Å². The Bertz CT molecular complexity index is 198. The second-order valence-electron chi connectivity index (χ2n) is 3.35. The van der Waals surface area contributed by atoms with Crippen LogP contribution in [0.1, 0.15) is 25.7 Å². The van der Waals surface area contributed by atoms with Gasteiger partial charge in [-0.3, -0.25) is 4.79 Å². The summed E-state index contributed by atoms with van der Waals surface area (Å²) in [4.78, 5) is 11.0. The van der Waals surface area contributed by atoms with Gasteiger partial charge in [-0.15, -0.1) is 0 Å². The lowest BCUT2D eigenvalue weighted by atomic mass is 9.82. The van der Waals surface area contributed by atoms with Gasteiger partial charge >= 0.3 is 0 Å². The highest BCUT2D eigenvalue weighted by atomic mass is 16.2. The van der Waals surface area contributed by atoms with Crippen molar-refractivity contribution < 1.29 is 4.79 Å². The maximum Gasteiger partial charge on any atom is 0.225 e. The summed E-state index contributed by atoms with van der Waals surface area (Å²) in [5, 5.41) is 2.94. The standard InChI is InChI=1S/C9H13NO/c11-9-7-5-3-1-2-4-6-8(7)10-9/h1-2,7-8H,3-6H2,(H,10,11)/b2-1+/t7-,8-/m1/s1. The van der Waals surface area contributed by atoms with Crippen molar-refractivity contribution in [2.45, 2.75) is 31.7 Å². The molecule has 1 fully saturated rings. The predicted molar refractivity (Wildman–Crippen MR) is 43.0 cm³/mol. The fraction of sp³-hybridized carbons (Fsp3) is 0.667. The fourth-order valence-corrected chi connectivity index (χ4v) is 1.87. The van der Waals surface area contributed by atoms with Crippen LogP contribution in [0.25, 0.3) is 0 Å². The first-order valence-electron chi connectivity index (χ1n) is 4.33. The summed E-state index contributed by atoms with van der Waals surface area (Å²) in [7, 11) is 0. The van der Waals surface area contributed by atoms with E-state index in [9.17, 15) is 4.79 Å². The van der Waals surface area contributed by atoms with E-state index in [2.05, 4.69) is 17.5 Å². The molecule has 1 aliphatic carbocycles. The SMILES string of the molecule is O=C1N[C@@H]2CC/C=C/CC[C@@H]12. The molecule has 0 unspecified atom stereocenters. The molecule has 0 saturated carbocycles. The average Bonchev–Trinajstić information content (AvgIpc) is 1.96. The van der Waals surface area contributed by atoms with E-state index in [4.69, 9.17) is 0 Å². The highest BCUT2D eigenvalue weighted by Crippen LogP contribution is 2.26. The number of rotatable bonds is 0. The maximum atomic E-state index is 11.0. The average molecular weight is 151 g/mol. The molecule has 2 aliphatic rings. The first-order valence-corrected chi connectivity index (χ1v) is 4.33. The summed E-state index contributed by atoms with van der Waals surface area (Å²) < 4.78 is 0. The minimum Gasteiger partial charge on any atom is -0.352 e. The number of β-lactam (4-membered cyclic amide) rings is 1. The number of hydrogen-bond acceptors (Lipinski definition) is 1. The number of carbonyl (C=O) groups excluding carboxylic acids is 1. The molecule has 0 bridgehead atoms. The van der Waals surface area contributed by atoms with E-state index in [1.54, 1.807) is 0 Å². The lowest BCUT2D eigenvalue weighted by Gasteiger charge is -2.37. The monoisotopic (exact) mass is 151 g/mol. The zero-order chi connectivity index (χ0) is 7.68. The number of carbonyl (C=O) groups is 1. The van der Waals surface area contributed by atoms with E-state index in [1.165, 1.54) is 0 Å². The topological polar surface area (TPSA) is 29.1 Å². The second kappa shape index (κ2) is 2.68. The molecule has 0 aromatic heterocycles. The summed E-state index contributed by atoms with van der Waals surface area (Å²) in [5.74, 6) is 0.602. The Morgan fingerprint density at radius 2 is 2.00 bits per heavy atom. The minimum atomic E-state index is 0.269. The van der Waals surface area contributed by atoms with E-state index >= 15 is 0 Å². The molecular weight excluding hydrogens is 138 g/mol. The Kier molecular flexibility index (Phi) is 1.68. The summed E-state index contributed by atoms with van der Waals surface area (Å²) in [5.41, 5.74) is 0. The molecule has 1 saturated heterocycles. The van der Waals surface area contributed by atoms with Gasteiger partial charge in [0.05, 0.1) is 5.92 Å². The van der Waals surface area contributed by atoms with Crippen molar-refractivity contribution in [3.05, 3.63) is 12.2 Å². The molecule has 2 nitrogen and oxygen atoms in total. The smallest absolute Gasteiger partial charge is 0.225 e. The second-order valence-corrected chi connectivity index (χ2v) is 3.35. The Labute approximate surface area is 66.7 Å². The molecule has 0 aromatic rings. The van der Waals surface area contributed by atoms with Crippen molar-refractivity contribution in [3.8, 4) is 0 Å². The largest absolute Gasteiger partial charge is 0.352 e. The molecule has 2 rings (SSSR count). The molecule has 2 atom stereocenters. The molecule has 0 spiro atoms. The molecule has 60 valence electrons. The number of fused-ring (bicyclic) bond motifs is 1. The van der Waals surface area contributed by atoms with Gasteiger partial charge in [-0.1, -0.05) is 12.2 Å². The van der Waals surface area contributed by atoms with Crippen molar-refractivity contribution in [1.82, 2.24) is 5.32 Å². The lowest BCUT2D eigenvalue weighted by Crippen LogP contribution is -2.57. The van der Waals surface area contributed by atoms with Crippen LogP contribution in [-0.2, 0) is 4.79 Å². The van der Waals surface area contributed by atoms with Gasteiger partial charge in [0, 0.05) is 6.04 Å². The Morgan fingerprint density at radius 3 is 2.73 bits per heavy atom. The molecule has 1 aliphatic heterocycles. The van der Waals surface area contributed by atoms with Gasteiger partial charge in [0.2, 0.25) is 5.91 Å². The van der Waals surface area contributed by atoms with Crippen LogP contribution in [0, 0.1) is 5.92 Å². The summed E-state index contributed by atoms with van der Waals surface area (Å²) in [6.07, 6.45) is 8.80. The third-order valence-electron chi connectivity index (χ3n) is 2.61. The summed E-state index contributed by atoms with van der Waals surface area (Å²) >= 11 is 0. The van der Waals surface area contributed by atoms with Gasteiger partial charge in [-0.25, -0.2) is 0 Å². The summed E-state index contributed by atoms with van der Waals surface area (Å²) in [6.45, 7) is 0. The van der Waals surface area contributed by atoms with Gasteiger partial charge in [-0.05, 0) is 25.7 Å². The van der Waals surface area contributed by atoms with Crippen LogP contribution >= 0.6 is 0 Å². The van der Waals surface area contributed by atoms with E-state index in [0.717, 1.165) is 25.7 Å². The van der Waals surface area contributed by atoms with Crippen LogP contribution in [0.4, 0.5) is 0 Å². The van der Waals surface area contributed by atoms with Crippen molar-refractivity contribution in [2.24, 2.45) is 5.92 Å².